The van der Waals surface area contributed by atoms with Crippen molar-refractivity contribution < 1.29 is 9.90 Å². The van der Waals surface area contributed by atoms with Crippen molar-refractivity contribution in [2.75, 3.05) is 23.4 Å². The monoisotopic (exact) mass is 268 g/mol. The zero-order chi connectivity index (χ0) is 13.4. The summed E-state index contributed by atoms with van der Waals surface area (Å²) in [6.07, 6.45) is 1.27. The van der Waals surface area contributed by atoms with Crippen molar-refractivity contribution in [2.45, 2.75) is 25.0 Å². The van der Waals surface area contributed by atoms with E-state index in [9.17, 15) is 4.79 Å². The number of nitrogens with one attached hydrogen (secondary N) is 1. The normalized spacial score (nSPS) is 12.1. The summed E-state index contributed by atoms with van der Waals surface area (Å²) in [5, 5.41) is 11.9. The Balaban J connectivity index is 2.24. The number of aliphatic hydroxyl groups is 1. The second-order valence-electron chi connectivity index (χ2n) is 4.10. The minimum Gasteiger partial charge on any atom is -0.397 e. The van der Waals surface area contributed by atoms with Crippen LogP contribution in [0.5, 0.6) is 0 Å². The van der Waals surface area contributed by atoms with Crippen molar-refractivity contribution >= 4 is 29.0 Å². The molecule has 0 bridgehead atoms. The first kappa shape index (κ1) is 14.9. The summed E-state index contributed by atoms with van der Waals surface area (Å²) in [5.41, 5.74) is 6.98. The molecule has 1 aromatic carbocycles. The van der Waals surface area contributed by atoms with E-state index in [2.05, 4.69) is 5.32 Å². The van der Waals surface area contributed by atoms with E-state index in [0.29, 0.717) is 17.8 Å². The maximum absolute atomic E-state index is 11.7. The number of hydrogen-bond acceptors (Lipinski definition) is 4. The molecule has 0 aliphatic rings. The van der Waals surface area contributed by atoms with Crippen molar-refractivity contribution in [2.24, 2.45) is 0 Å². The van der Waals surface area contributed by atoms with Crippen LogP contribution in [0.15, 0.2) is 24.3 Å². The van der Waals surface area contributed by atoms with Gasteiger partial charge in [-0.05, 0) is 24.3 Å². The zero-order valence-electron chi connectivity index (χ0n) is 10.6. The van der Waals surface area contributed by atoms with Crippen molar-refractivity contribution in [3.63, 3.8) is 0 Å². The minimum atomic E-state index is -0.0230. The van der Waals surface area contributed by atoms with Crippen LogP contribution >= 0.6 is 11.8 Å². The fourth-order valence-electron chi connectivity index (χ4n) is 1.39. The molecule has 0 saturated carbocycles. The SMILES string of the molecule is CC(CO)SCCCC(=O)Nc1ccccc1N. The van der Waals surface area contributed by atoms with Gasteiger partial charge >= 0.3 is 0 Å². The molecule has 5 heteroatoms. The molecule has 1 amide bonds. The number of benzene rings is 1. The maximum atomic E-state index is 11.7. The molecule has 1 aromatic rings. The van der Waals surface area contributed by atoms with Crippen molar-refractivity contribution in [3.05, 3.63) is 24.3 Å². The summed E-state index contributed by atoms with van der Waals surface area (Å²) >= 11 is 1.67. The predicted molar refractivity (Wildman–Crippen MR) is 77.7 cm³/mol. The molecule has 0 aromatic heterocycles. The number of carbonyl (C=O) groups excluding carboxylic acids is 1. The lowest BCUT2D eigenvalue weighted by molar-refractivity contribution is -0.116. The Kier molecular flexibility index (Phi) is 6.60. The van der Waals surface area contributed by atoms with Gasteiger partial charge in [0.25, 0.3) is 0 Å². The van der Waals surface area contributed by atoms with Gasteiger partial charge < -0.3 is 16.2 Å². The summed E-state index contributed by atoms with van der Waals surface area (Å²) in [6.45, 7) is 2.15. The molecule has 0 saturated heterocycles. The fourth-order valence-corrected chi connectivity index (χ4v) is 2.21. The van der Waals surface area contributed by atoms with E-state index in [1.54, 1.807) is 23.9 Å². The summed E-state index contributed by atoms with van der Waals surface area (Å²) in [7, 11) is 0. The Bertz CT molecular complexity index is 385. The Morgan fingerprint density at radius 2 is 2.22 bits per heavy atom. The average molecular weight is 268 g/mol. The number of amides is 1. The van der Waals surface area contributed by atoms with Gasteiger partial charge in [-0.1, -0.05) is 19.1 Å². The average Bonchev–Trinajstić information content (AvgIpc) is 2.37. The van der Waals surface area contributed by atoms with E-state index in [0.717, 1.165) is 12.2 Å². The Morgan fingerprint density at radius 3 is 2.89 bits per heavy atom. The first-order chi connectivity index (χ1) is 8.63. The lowest BCUT2D eigenvalue weighted by Gasteiger charge is -2.09. The quantitative estimate of drug-likeness (QED) is 0.523. The number of thioether (sulfide) groups is 1. The molecule has 4 N–H and O–H groups in total. The van der Waals surface area contributed by atoms with E-state index in [4.69, 9.17) is 10.8 Å². The summed E-state index contributed by atoms with van der Waals surface area (Å²) in [5.74, 6) is 0.851. The van der Waals surface area contributed by atoms with Gasteiger partial charge in [-0.15, -0.1) is 0 Å². The summed E-state index contributed by atoms with van der Waals surface area (Å²) < 4.78 is 0. The fraction of sp³-hybridized carbons (Fsp3) is 0.462. The molecule has 1 unspecified atom stereocenters. The predicted octanol–water partition coefficient (Wildman–Crippen LogP) is 2.10. The highest BCUT2D eigenvalue weighted by Crippen LogP contribution is 2.17. The van der Waals surface area contributed by atoms with Gasteiger partial charge in [0.05, 0.1) is 18.0 Å². The molecule has 0 heterocycles. The lowest BCUT2D eigenvalue weighted by atomic mass is 10.2. The van der Waals surface area contributed by atoms with Crippen LogP contribution in [0, 0.1) is 0 Å². The van der Waals surface area contributed by atoms with E-state index in [-0.39, 0.29) is 17.8 Å². The Morgan fingerprint density at radius 1 is 1.50 bits per heavy atom. The second kappa shape index (κ2) is 8.00. The molecule has 0 aliphatic carbocycles. The van der Waals surface area contributed by atoms with Crippen molar-refractivity contribution in [3.8, 4) is 0 Å². The second-order valence-corrected chi connectivity index (χ2v) is 5.65. The molecule has 4 nitrogen and oxygen atoms in total. The molecule has 0 aliphatic heterocycles. The van der Waals surface area contributed by atoms with E-state index in [1.807, 2.05) is 19.1 Å². The van der Waals surface area contributed by atoms with Crippen molar-refractivity contribution in [1.29, 1.82) is 0 Å². The van der Waals surface area contributed by atoms with Gasteiger partial charge in [-0.3, -0.25) is 4.79 Å². The summed E-state index contributed by atoms with van der Waals surface area (Å²) in [6, 6.07) is 7.22. The standard InChI is InChI=1S/C13H20N2O2S/c1-10(9-16)18-8-4-7-13(17)15-12-6-3-2-5-11(12)14/h2-3,5-6,10,16H,4,7-9,14H2,1H3,(H,15,17). The van der Waals surface area contributed by atoms with Gasteiger partial charge in [0, 0.05) is 11.7 Å². The number of rotatable bonds is 7. The third kappa shape index (κ3) is 5.42. The van der Waals surface area contributed by atoms with E-state index >= 15 is 0 Å². The van der Waals surface area contributed by atoms with Crippen LogP contribution in [0.3, 0.4) is 0 Å². The van der Waals surface area contributed by atoms with Crippen LogP contribution in [-0.2, 0) is 4.79 Å². The van der Waals surface area contributed by atoms with Crippen LogP contribution in [0.25, 0.3) is 0 Å². The largest absolute Gasteiger partial charge is 0.397 e. The topological polar surface area (TPSA) is 75.3 Å². The highest BCUT2D eigenvalue weighted by molar-refractivity contribution is 7.99. The molecule has 100 valence electrons. The molecule has 1 rings (SSSR count). The number of nitrogens with two attached hydrogens (primary N) is 1. The van der Waals surface area contributed by atoms with Gasteiger partial charge in [0.1, 0.15) is 0 Å². The number of hydrogen-bond donors (Lipinski definition) is 3. The number of aliphatic hydroxyl groups excluding tert-OH is 1. The zero-order valence-corrected chi connectivity index (χ0v) is 11.4. The Labute approximate surface area is 112 Å². The number of nitrogen functional groups attached to an aromatic ring is 1. The third-order valence-electron chi connectivity index (χ3n) is 2.44. The first-order valence-electron chi connectivity index (χ1n) is 6.00. The molecule has 0 fully saturated rings. The van der Waals surface area contributed by atoms with Gasteiger partial charge in [-0.25, -0.2) is 0 Å². The number of anilines is 2. The molecule has 1 atom stereocenters. The van der Waals surface area contributed by atoms with Gasteiger partial charge in [0.2, 0.25) is 5.91 Å². The minimum absolute atomic E-state index is 0.0230. The van der Waals surface area contributed by atoms with Crippen molar-refractivity contribution in [1.82, 2.24) is 0 Å². The van der Waals surface area contributed by atoms with Crippen LogP contribution in [0.2, 0.25) is 0 Å². The molecule has 0 radical (unpaired) electrons. The van der Waals surface area contributed by atoms with Crippen LogP contribution < -0.4 is 11.1 Å². The molecule has 18 heavy (non-hydrogen) atoms. The molecular formula is C13H20N2O2S. The molecular weight excluding hydrogens is 248 g/mol. The first-order valence-corrected chi connectivity index (χ1v) is 7.05. The van der Waals surface area contributed by atoms with Crippen LogP contribution in [-0.4, -0.2) is 28.6 Å². The third-order valence-corrected chi connectivity index (χ3v) is 3.69. The van der Waals surface area contributed by atoms with Gasteiger partial charge in [0.15, 0.2) is 0 Å². The van der Waals surface area contributed by atoms with E-state index in [1.165, 1.54) is 0 Å². The molecule has 0 spiro atoms. The van der Waals surface area contributed by atoms with E-state index < -0.39 is 0 Å². The smallest absolute Gasteiger partial charge is 0.224 e. The highest BCUT2D eigenvalue weighted by atomic mass is 32.2. The van der Waals surface area contributed by atoms with Gasteiger partial charge in [-0.2, -0.15) is 11.8 Å². The summed E-state index contributed by atoms with van der Waals surface area (Å²) in [4.78, 5) is 11.7. The highest BCUT2D eigenvalue weighted by Gasteiger charge is 2.05. The maximum Gasteiger partial charge on any atom is 0.224 e. The van der Waals surface area contributed by atoms with Crippen LogP contribution in [0.4, 0.5) is 11.4 Å². The van der Waals surface area contributed by atoms with Crippen LogP contribution in [0.1, 0.15) is 19.8 Å². The lowest BCUT2D eigenvalue weighted by Crippen LogP contribution is -2.13. The number of carbonyl (C=O) groups is 1. The number of para-hydroxylation sites is 2. The Hall–Kier alpha value is -1.20.